The monoisotopic (exact) mass is 396 g/mol. The summed E-state index contributed by atoms with van der Waals surface area (Å²) in [6.45, 7) is 7.09. The third-order valence-corrected chi connectivity index (χ3v) is 11.5. The van der Waals surface area contributed by atoms with Crippen LogP contribution in [0.3, 0.4) is 0 Å². The molecule has 14 heavy (non-hydrogen) atoms. The van der Waals surface area contributed by atoms with Gasteiger partial charge in [-0.1, -0.05) is 0 Å². The van der Waals surface area contributed by atoms with E-state index >= 15 is 0 Å². The predicted octanol–water partition coefficient (Wildman–Crippen LogP) is 2.60. The van der Waals surface area contributed by atoms with E-state index in [1.54, 1.807) is 0 Å². The molecule has 0 unspecified atom stereocenters. The van der Waals surface area contributed by atoms with Gasteiger partial charge in [0.2, 0.25) is 0 Å². The Morgan fingerprint density at radius 3 is 2.14 bits per heavy atom. The third-order valence-electron chi connectivity index (χ3n) is 2.08. The Balaban J connectivity index is 4.66. The van der Waals surface area contributed by atoms with E-state index in [1.807, 2.05) is 20.8 Å². The summed E-state index contributed by atoms with van der Waals surface area (Å²) in [5.41, 5.74) is -0.670. The van der Waals surface area contributed by atoms with Crippen molar-refractivity contribution >= 4 is 21.2 Å². The summed E-state index contributed by atoms with van der Waals surface area (Å²) in [6, 6.07) is 0. The second kappa shape index (κ2) is 5.61. The van der Waals surface area contributed by atoms with Crippen LogP contribution in [0.2, 0.25) is 13.4 Å². The molecule has 0 spiro atoms. The maximum atomic E-state index is 10.0. The average Bonchev–Trinajstić information content (AvgIpc) is 1.92. The Labute approximate surface area is 93.0 Å². The molecule has 0 radical (unpaired) electrons. The Hall–Kier alpha value is 0.582. The minimum absolute atomic E-state index is 0.632. The summed E-state index contributed by atoms with van der Waals surface area (Å²) in [7, 11) is 0. The minimum atomic E-state index is -2.29. The van der Waals surface area contributed by atoms with Crippen molar-refractivity contribution in [1.29, 1.82) is 0 Å². The van der Waals surface area contributed by atoms with Gasteiger partial charge in [-0.15, -0.1) is 0 Å². The molecule has 1 N–H and O–H groups in total. The van der Waals surface area contributed by atoms with Crippen LogP contribution >= 0.6 is 0 Å². The van der Waals surface area contributed by atoms with Crippen LogP contribution in [0.5, 0.6) is 0 Å². The zero-order valence-electron chi connectivity index (χ0n) is 10.3. The van der Waals surface area contributed by atoms with E-state index in [9.17, 15) is 5.11 Å². The number of aliphatic hydroxyl groups is 1. The first-order valence-electron chi connectivity index (χ1n) is 5.20. The summed E-state index contributed by atoms with van der Waals surface area (Å²) in [4.78, 5) is 0. The summed E-state index contributed by atoms with van der Waals surface area (Å²) < 4.78 is 13.5. The van der Waals surface area contributed by atoms with Gasteiger partial charge < -0.3 is 0 Å². The number of hydrogen-bond donors (Lipinski definition) is 1. The van der Waals surface area contributed by atoms with Gasteiger partial charge in [-0.3, -0.25) is 0 Å². The summed E-state index contributed by atoms with van der Waals surface area (Å²) in [6.07, 6.45) is 2.09. The topological polar surface area (TPSA) is 29.5 Å². The molecule has 3 heteroatoms. The van der Waals surface area contributed by atoms with E-state index in [0.29, 0.717) is 6.61 Å². The second-order valence-corrected chi connectivity index (χ2v) is 24.7. The zero-order chi connectivity index (χ0) is 11.4. The maximum absolute atomic E-state index is 10.0. The van der Waals surface area contributed by atoms with Gasteiger partial charge in [-0.05, 0) is 0 Å². The molecular formula is C11H24O2Pb. The van der Waals surface area contributed by atoms with E-state index in [2.05, 4.69) is 19.5 Å². The number of ether oxygens (including phenoxy) is 1. The van der Waals surface area contributed by atoms with Crippen molar-refractivity contribution in [3.63, 3.8) is 0 Å². The van der Waals surface area contributed by atoms with Gasteiger partial charge in [-0.25, -0.2) is 0 Å². The molecular weight excluding hydrogens is 371 g/mol. The molecule has 0 heterocycles. The molecule has 0 aromatic rings. The van der Waals surface area contributed by atoms with Crippen LogP contribution in [-0.4, -0.2) is 45.1 Å². The Morgan fingerprint density at radius 2 is 1.86 bits per heavy atom. The van der Waals surface area contributed by atoms with Crippen molar-refractivity contribution in [2.75, 3.05) is 13.2 Å². The van der Waals surface area contributed by atoms with Crippen molar-refractivity contribution in [2.45, 2.75) is 39.8 Å². The number of rotatable bonds is 5. The first kappa shape index (κ1) is 14.6. The zero-order valence-corrected chi connectivity index (χ0v) is 14.2. The molecule has 0 aliphatic heterocycles. The Kier molecular flexibility index (Phi) is 5.84. The van der Waals surface area contributed by atoms with E-state index in [1.165, 1.54) is 3.13 Å². The third kappa shape index (κ3) is 5.46. The molecule has 0 aliphatic rings. The van der Waals surface area contributed by atoms with Crippen molar-refractivity contribution in [1.82, 2.24) is 0 Å². The molecule has 0 atom stereocenters. The summed E-state index contributed by atoms with van der Waals surface area (Å²) in [5, 5.41) is 10.0. The molecule has 0 aromatic carbocycles. The van der Waals surface area contributed by atoms with E-state index in [0.717, 1.165) is 6.61 Å². The van der Waals surface area contributed by atoms with E-state index < -0.39 is 26.8 Å². The van der Waals surface area contributed by atoms with Crippen LogP contribution in [0.1, 0.15) is 20.8 Å². The van der Waals surface area contributed by atoms with Crippen molar-refractivity contribution in [3.05, 3.63) is 9.21 Å². The van der Waals surface area contributed by atoms with Gasteiger partial charge in [-0.2, -0.15) is 0 Å². The standard InChI is InChI=1S/C8H15O2.3CH3.Pb/c1-4-10-7-5-6-8(2,3)9;;;;/h5,9H,4,7H2,1-3H3;3*1H3;. The van der Waals surface area contributed by atoms with Gasteiger partial charge in [0.1, 0.15) is 0 Å². The molecule has 0 aromatic heterocycles. The normalized spacial score (nSPS) is 14.6. The molecule has 84 valence electrons. The van der Waals surface area contributed by atoms with Gasteiger partial charge in [0.25, 0.3) is 0 Å². The van der Waals surface area contributed by atoms with Crippen LogP contribution in [0.15, 0.2) is 9.21 Å². The van der Waals surface area contributed by atoms with Crippen molar-refractivity contribution in [2.24, 2.45) is 0 Å². The molecule has 0 saturated carbocycles. The van der Waals surface area contributed by atoms with Crippen LogP contribution in [0.25, 0.3) is 0 Å². The first-order valence-corrected chi connectivity index (χ1v) is 18.8. The van der Waals surface area contributed by atoms with E-state index in [-0.39, 0.29) is 0 Å². The van der Waals surface area contributed by atoms with Gasteiger partial charge in [0.15, 0.2) is 0 Å². The SMILES string of the molecule is CCOC/C=[C](\C(C)(C)O)[Pb]([CH3])([CH3])[CH3]. The van der Waals surface area contributed by atoms with Crippen molar-refractivity contribution < 1.29 is 9.84 Å². The van der Waals surface area contributed by atoms with Gasteiger partial charge >= 0.3 is 93.3 Å². The molecule has 2 nitrogen and oxygen atoms in total. The molecule has 0 saturated heterocycles. The summed E-state index contributed by atoms with van der Waals surface area (Å²) in [5.74, 6) is 0. The Morgan fingerprint density at radius 1 is 1.36 bits per heavy atom. The molecule has 0 aliphatic carbocycles. The quantitative estimate of drug-likeness (QED) is 0.573. The fourth-order valence-corrected chi connectivity index (χ4v) is 11.6. The van der Waals surface area contributed by atoms with Crippen LogP contribution in [0.4, 0.5) is 0 Å². The van der Waals surface area contributed by atoms with Crippen LogP contribution < -0.4 is 0 Å². The van der Waals surface area contributed by atoms with Crippen LogP contribution in [-0.2, 0) is 4.74 Å². The second-order valence-electron chi connectivity index (χ2n) is 5.09. The van der Waals surface area contributed by atoms with Gasteiger partial charge in [0, 0.05) is 0 Å². The molecule has 0 fully saturated rings. The molecule has 0 rings (SSSR count). The first-order chi connectivity index (χ1) is 6.19. The van der Waals surface area contributed by atoms with E-state index in [4.69, 9.17) is 4.74 Å². The van der Waals surface area contributed by atoms with Crippen molar-refractivity contribution in [3.8, 4) is 0 Å². The molecule has 0 amide bonds. The average molecular weight is 396 g/mol. The predicted molar refractivity (Wildman–Crippen MR) is 64.2 cm³/mol. The van der Waals surface area contributed by atoms with Crippen LogP contribution in [0, 0.1) is 0 Å². The number of hydrogen-bond acceptors (Lipinski definition) is 2. The summed E-state index contributed by atoms with van der Waals surface area (Å²) >= 11 is -2.29. The molecule has 0 bridgehead atoms. The fraction of sp³-hybridized carbons (Fsp3) is 0.818. The van der Waals surface area contributed by atoms with Gasteiger partial charge in [0.05, 0.1) is 0 Å². The Bertz CT molecular complexity index is 180. The fourth-order valence-electron chi connectivity index (χ4n) is 1.73.